The van der Waals surface area contributed by atoms with Gasteiger partial charge >= 0.3 is 0 Å². The first kappa shape index (κ1) is 15.6. The molecule has 0 unspecified atom stereocenters. The molecule has 0 aliphatic carbocycles. The highest BCUT2D eigenvalue weighted by atomic mass is 32.2. The summed E-state index contributed by atoms with van der Waals surface area (Å²) in [6, 6.07) is 14.5. The van der Waals surface area contributed by atoms with Crippen LogP contribution in [0.15, 0.2) is 59.6 Å². The first-order valence-electron chi connectivity index (χ1n) is 7.29. The zero-order valence-corrected chi connectivity index (χ0v) is 13.6. The molecule has 0 saturated heterocycles. The Labute approximate surface area is 135 Å². The van der Waals surface area contributed by atoms with E-state index in [1.807, 2.05) is 30.5 Å². The number of rotatable bonds is 6. The highest BCUT2D eigenvalue weighted by Gasteiger charge is 2.18. The van der Waals surface area contributed by atoms with Crippen molar-refractivity contribution in [1.29, 1.82) is 0 Å². The van der Waals surface area contributed by atoms with Gasteiger partial charge in [0.1, 0.15) is 10.6 Å². The van der Waals surface area contributed by atoms with Crippen LogP contribution in [-0.2, 0) is 16.4 Å². The van der Waals surface area contributed by atoms with Crippen molar-refractivity contribution in [2.24, 2.45) is 0 Å². The molecule has 0 fully saturated rings. The third kappa shape index (κ3) is 3.23. The number of para-hydroxylation sites is 2. The number of hydrogen-bond donors (Lipinski definition) is 2. The number of fused-ring (bicyclic) bond motifs is 1. The molecule has 0 aliphatic heterocycles. The van der Waals surface area contributed by atoms with E-state index < -0.39 is 10.0 Å². The molecule has 0 saturated carbocycles. The van der Waals surface area contributed by atoms with E-state index in [4.69, 9.17) is 4.74 Å². The highest BCUT2D eigenvalue weighted by molar-refractivity contribution is 7.89. The lowest BCUT2D eigenvalue weighted by molar-refractivity contribution is 0.402. The Bertz CT molecular complexity index is 916. The second-order valence-corrected chi connectivity index (χ2v) is 6.89. The molecular weight excluding hydrogens is 312 g/mol. The molecule has 2 N–H and O–H groups in total. The van der Waals surface area contributed by atoms with Crippen LogP contribution in [0.1, 0.15) is 5.56 Å². The van der Waals surface area contributed by atoms with Crippen LogP contribution in [0.3, 0.4) is 0 Å². The minimum Gasteiger partial charge on any atom is -0.495 e. The van der Waals surface area contributed by atoms with Crippen LogP contribution in [0.2, 0.25) is 0 Å². The van der Waals surface area contributed by atoms with Crippen molar-refractivity contribution in [3.05, 3.63) is 60.3 Å². The van der Waals surface area contributed by atoms with Crippen molar-refractivity contribution in [2.45, 2.75) is 11.3 Å². The number of nitrogens with one attached hydrogen (secondary N) is 2. The van der Waals surface area contributed by atoms with Gasteiger partial charge in [0, 0.05) is 23.6 Å². The van der Waals surface area contributed by atoms with E-state index in [0.717, 1.165) is 16.5 Å². The Morgan fingerprint density at radius 1 is 1.09 bits per heavy atom. The van der Waals surface area contributed by atoms with Gasteiger partial charge in [-0.3, -0.25) is 0 Å². The van der Waals surface area contributed by atoms with Crippen LogP contribution in [0.5, 0.6) is 5.75 Å². The van der Waals surface area contributed by atoms with Crippen molar-refractivity contribution < 1.29 is 13.2 Å². The Morgan fingerprint density at radius 3 is 2.65 bits per heavy atom. The SMILES string of the molecule is COc1ccccc1S(=O)(=O)NCCc1c[nH]c2ccccc12. The van der Waals surface area contributed by atoms with E-state index in [9.17, 15) is 8.42 Å². The van der Waals surface area contributed by atoms with Crippen LogP contribution in [0, 0.1) is 0 Å². The summed E-state index contributed by atoms with van der Waals surface area (Å²) in [6.07, 6.45) is 2.53. The molecule has 2 aromatic carbocycles. The maximum absolute atomic E-state index is 12.4. The van der Waals surface area contributed by atoms with E-state index in [1.165, 1.54) is 13.2 Å². The van der Waals surface area contributed by atoms with E-state index in [0.29, 0.717) is 18.7 Å². The summed E-state index contributed by atoms with van der Waals surface area (Å²) in [5.74, 6) is 0.340. The molecule has 6 heteroatoms. The Balaban J connectivity index is 1.72. The van der Waals surface area contributed by atoms with E-state index >= 15 is 0 Å². The molecule has 0 amide bonds. The van der Waals surface area contributed by atoms with Gasteiger partial charge in [0.25, 0.3) is 0 Å². The van der Waals surface area contributed by atoms with Crippen molar-refractivity contribution in [3.63, 3.8) is 0 Å². The summed E-state index contributed by atoms with van der Waals surface area (Å²) in [5, 5.41) is 1.11. The van der Waals surface area contributed by atoms with Gasteiger partial charge in [-0.25, -0.2) is 13.1 Å². The lowest BCUT2D eigenvalue weighted by Crippen LogP contribution is -2.26. The first-order chi connectivity index (χ1) is 11.1. The molecule has 120 valence electrons. The van der Waals surface area contributed by atoms with Crippen LogP contribution in [0.4, 0.5) is 0 Å². The summed E-state index contributed by atoms with van der Waals surface area (Å²) in [5.41, 5.74) is 2.14. The molecule has 3 rings (SSSR count). The molecular formula is C17H18N2O3S. The fraction of sp³-hybridized carbons (Fsp3) is 0.176. The van der Waals surface area contributed by atoms with Gasteiger partial charge in [-0.2, -0.15) is 0 Å². The zero-order chi connectivity index (χ0) is 16.3. The van der Waals surface area contributed by atoms with Crippen molar-refractivity contribution in [3.8, 4) is 5.75 Å². The van der Waals surface area contributed by atoms with E-state index in [1.54, 1.807) is 18.2 Å². The summed E-state index contributed by atoms with van der Waals surface area (Å²) in [4.78, 5) is 3.34. The van der Waals surface area contributed by atoms with Gasteiger partial charge in [-0.1, -0.05) is 30.3 Å². The van der Waals surface area contributed by atoms with Gasteiger partial charge in [0.2, 0.25) is 10.0 Å². The fourth-order valence-electron chi connectivity index (χ4n) is 2.58. The standard InChI is InChI=1S/C17H18N2O3S/c1-22-16-8-4-5-9-17(16)23(20,21)19-11-10-13-12-18-15-7-3-2-6-14(13)15/h2-9,12,18-19H,10-11H2,1H3. The van der Waals surface area contributed by atoms with Crippen LogP contribution >= 0.6 is 0 Å². The second-order valence-electron chi connectivity index (χ2n) is 5.16. The number of aromatic nitrogens is 1. The third-order valence-corrected chi connectivity index (χ3v) is 5.22. The second kappa shape index (κ2) is 6.44. The molecule has 0 atom stereocenters. The Kier molecular flexibility index (Phi) is 4.36. The molecule has 0 radical (unpaired) electrons. The van der Waals surface area contributed by atoms with E-state index in [2.05, 4.69) is 9.71 Å². The summed E-state index contributed by atoms with van der Waals surface area (Å²) in [7, 11) is -2.14. The van der Waals surface area contributed by atoms with Gasteiger partial charge in [0.15, 0.2) is 0 Å². The monoisotopic (exact) mass is 330 g/mol. The Hall–Kier alpha value is -2.31. The van der Waals surface area contributed by atoms with Crippen molar-refractivity contribution in [1.82, 2.24) is 9.71 Å². The average molecular weight is 330 g/mol. The highest BCUT2D eigenvalue weighted by Crippen LogP contribution is 2.23. The van der Waals surface area contributed by atoms with Crippen LogP contribution in [0.25, 0.3) is 10.9 Å². The first-order valence-corrected chi connectivity index (χ1v) is 8.78. The zero-order valence-electron chi connectivity index (χ0n) is 12.7. The molecule has 3 aromatic rings. The maximum atomic E-state index is 12.4. The smallest absolute Gasteiger partial charge is 0.244 e. The Morgan fingerprint density at radius 2 is 1.83 bits per heavy atom. The van der Waals surface area contributed by atoms with Crippen molar-refractivity contribution in [2.75, 3.05) is 13.7 Å². The number of aromatic amines is 1. The minimum absolute atomic E-state index is 0.154. The van der Waals surface area contributed by atoms with Gasteiger partial charge < -0.3 is 9.72 Å². The number of H-pyrrole nitrogens is 1. The molecule has 1 heterocycles. The largest absolute Gasteiger partial charge is 0.495 e. The summed E-state index contributed by atoms with van der Waals surface area (Å²) < 4.78 is 32.6. The van der Waals surface area contributed by atoms with Gasteiger partial charge in [0.05, 0.1) is 7.11 Å². The molecule has 5 nitrogen and oxygen atoms in total. The summed E-state index contributed by atoms with van der Waals surface area (Å²) in [6.45, 7) is 0.322. The van der Waals surface area contributed by atoms with Crippen LogP contribution < -0.4 is 9.46 Å². The predicted octanol–water partition coefficient (Wildman–Crippen LogP) is 2.70. The molecule has 0 bridgehead atoms. The van der Waals surface area contributed by atoms with Gasteiger partial charge in [-0.15, -0.1) is 0 Å². The number of ether oxygens (including phenoxy) is 1. The third-order valence-electron chi connectivity index (χ3n) is 3.72. The molecule has 23 heavy (non-hydrogen) atoms. The maximum Gasteiger partial charge on any atom is 0.244 e. The lowest BCUT2D eigenvalue weighted by atomic mass is 10.1. The minimum atomic E-state index is -3.59. The average Bonchev–Trinajstić information content (AvgIpc) is 2.98. The lowest BCUT2D eigenvalue weighted by Gasteiger charge is -2.10. The molecule has 0 aliphatic rings. The van der Waals surface area contributed by atoms with E-state index in [-0.39, 0.29) is 4.90 Å². The number of benzene rings is 2. The predicted molar refractivity (Wildman–Crippen MR) is 90.2 cm³/mol. The fourth-order valence-corrected chi connectivity index (χ4v) is 3.78. The molecule has 1 aromatic heterocycles. The number of hydrogen-bond acceptors (Lipinski definition) is 3. The molecule has 0 spiro atoms. The summed E-state index contributed by atoms with van der Waals surface area (Å²) >= 11 is 0. The van der Waals surface area contributed by atoms with Crippen LogP contribution in [-0.4, -0.2) is 27.1 Å². The number of methoxy groups -OCH3 is 1. The number of sulfonamides is 1. The van der Waals surface area contributed by atoms with Crippen molar-refractivity contribution >= 4 is 20.9 Å². The topological polar surface area (TPSA) is 71.2 Å². The normalized spacial score (nSPS) is 11.7. The quantitative estimate of drug-likeness (QED) is 0.730. The van der Waals surface area contributed by atoms with Gasteiger partial charge in [-0.05, 0) is 30.2 Å².